The van der Waals surface area contributed by atoms with Crippen molar-refractivity contribution in [3.8, 4) is 0 Å². The molecule has 3 amide bonds. The van der Waals surface area contributed by atoms with Crippen LogP contribution >= 0.6 is 0 Å². The number of hydrogen-bond donors (Lipinski definition) is 9. The number of hydrogen-bond acceptors (Lipinski definition) is 12. The lowest BCUT2D eigenvalue weighted by molar-refractivity contribution is -0.206. The molecule has 4 saturated heterocycles. The third-order valence-electron chi connectivity index (χ3n) is 22.8. The van der Waals surface area contributed by atoms with E-state index in [9.17, 15) is 56.0 Å². The molecule has 2 bridgehead atoms. The van der Waals surface area contributed by atoms with Crippen molar-refractivity contribution in [1.82, 2.24) is 39.7 Å². The van der Waals surface area contributed by atoms with Crippen molar-refractivity contribution in [3.63, 3.8) is 0 Å². The molecule has 0 spiro atoms. The van der Waals surface area contributed by atoms with Crippen molar-refractivity contribution in [3.05, 3.63) is 159 Å². The number of benzene rings is 3. The van der Waals surface area contributed by atoms with E-state index in [2.05, 4.69) is 112 Å². The van der Waals surface area contributed by atoms with Crippen LogP contribution in [0.2, 0.25) is 0 Å². The fourth-order valence-electron chi connectivity index (χ4n) is 16.8. The van der Waals surface area contributed by atoms with Crippen LogP contribution in [0.4, 0.5) is 43.4 Å². The van der Waals surface area contributed by atoms with E-state index in [4.69, 9.17) is 4.74 Å². The van der Waals surface area contributed by atoms with Crippen LogP contribution in [-0.2, 0) is 21.5 Å². The summed E-state index contributed by atoms with van der Waals surface area (Å²) in [6, 6.07) is 16.9. The number of H-pyrrole nitrogens is 3. The van der Waals surface area contributed by atoms with Crippen LogP contribution in [0.5, 0.6) is 0 Å². The number of alkyl halides is 6. The molecule has 4 fully saturated rings. The van der Waals surface area contributed by atoms with E-state index < -0.39 is 53.3 Å². The molecule has 13 rings (SSSR count). The summed E-state index contributed by atoms with van der Waals surface area (Å²) in [5, 5.41) is 44.0. The molecule has 106 heavy (non-hydrogen) atoms. The summed E-state index contributed by atoms with van der Waals surface area (Å²) in [5.41, 5.74) is 8.07. The zero-order valence-electron chi connectivity index (χ0n) is 63.6. The molecule has 0 radical (unpaired) electrons. The number of amides is 3. The molecular formula is C82H107F6N11O7. The van der Waals surface area contributed by atoms with E-state index in [1.54, 1.807) is 70.6 Å². The van der Waals surface area contributed by atoms with Gasteiger partial charge in [-0.15, -0.1) is 0 Å². The lowest BCUT2D eigenvalue weighted by Crippen LogP contribution is -2.66. The molecule has 3 aromatic heterocycles. The number of fused-ring (bicyclic) bond motifs is 2. The monoisotopic (exact) mass is 1470 g/mol. The third kappa shape index (κ3) is 19.2. The van der Waals surface area contributed by atoms with Crippen LogP contribution in [0, 0.1) is 37.0 Å². The number of likely N-dealkylation sites (tertiary alicyclic amines) is 2. The number of carbonyl (C=O) groups excluding carboxylic acids is 3. The molecule has 2 unspecified atom stereocenters. The number of ether oxygens (including phenoxy) is 1. The zero-order chi connectivity index (χ0) is 77.0. The molecule has 0 saturated carbocycles. The Hall–Kier alpha value is -7.74. The fraction of sp³-hybridized carbons (Fsp3) is 0.561. The zero-order valence-corrected chi connectivity index (χ0v) is 63.6. The lowest BCUT2D eigenvalue weighted by atomic mass is 9.67. The number of aryl methyl sites for hydroxylation is 3. The summed E-state index contributed by atoms with van der Waals surface area (Å²) < 4.78 is 84.8. The number of aliphatic hydroxyl groups is 3. The van der Waals surface area contributed by atoms with Gasteiger partial charge in [0.25, 0.3) is 17.7 Å². The quantitative estimate of drug-likeness (QED) is 0.0462. The van der Waals surface area contributed by atoms with E-state index in [-0.39, 0.29) is 96.6 Å². The number of carbonyl (C=O) groups is 3. The highest BCUT2D eigenvalue weighted by Crippen LogP contribution is 2.52. The second kappa shape index (κ2) is 30.0. The van der Waals surface area contributed by atoms with Gasteiger partial charge in [-0.25, -0.2) is 15.0 Å². The van der Waals surface area contributed by atoms with Gasteiger partial charge in [0.15, 0.2) is 17.5 Å². The van der Waals surface area contributed by atoms with E-state index in [0.29, 0.717) is 41.2 Å². The average Bonchev–Trinajstić information content (AvgIpc) is 0.978. The number of halogens is 6. The minimum absolute atomic E-state index is 0.137. The number of aromatic amines is 3. The van der Waals surface area contributed by atoms with Gasteiger partial charge in [-0.05, 0) is 231 Å². The Morgan fingerprint density at radius 2 is 0.821 bits per heavy atom. The molecule has 24 heteroatoms. The van der Waals surface area contributed by atoms with Crippen molar-refractivity contribution in [1.29, 1.82) is 0 Å². The number of nitrogens with zero attached hydrogens (tertiary/aromatic N) is 5. The highest BCUT2D eigenvalue weighted by atomic mass is 19.4. The topological polar surface area (TPSA) is 250 Å². The molecule has 574 valence electrons. The van der Waals surface area contributed by atoms with Crippen LogP contribution in [0.3, 0.4) is 0 Å². The Morgan fingerprint density at radius 1 is 0.491 bits per heavy atom. The second-order valence-corrected chi connectivity index (χ2v) is 34.7. The largest absolute Gasteiger partial charge is 0.401 e. The molecule has 9 N–H and O–H groups in total. The molecular weight excluding hydrogens is 1360 g/mol. The average molecular weight is 1470 g/mol. The highest BCUT2D eigenvalue weighted by Gasteiger charge is 2.55. The van der Waals surface area contributed by atoms with Gasteiger partial charge in [-0.3, -0.25) is 24.2 Å². The first-order chi connectivity index (χ1) is 49.3. The van der Waals surface area contributed by atoms with Crippen LogP contribution in [0.25, 0.3) is 16.7 Å². The lowest BCUT2D eigenvalue weighted by Gasteiger charge is -2.58. The van der Waals surface area contributed by atoms with Gasteiger partial charge in [0.1, 0.15) is 0 Å². The van der Waals surface area contributed by atoms with Crippen molar-refractivity contribution in [2.75, 3.05) is 42.1 Å². The summed E-state index contributed by atoms with van der Waals surface area (Å²) in [6.45, 7) is 24.4. The standard InChI is InChI=1S/C30H41F3N4O2.C26H33F3N4O2.C26H33N3O3/c1-19-15-34-24(35-19)25(38)36-23-9-8-21(14-22(23)20-10-12-26(2,3)13-11-20)29(39)16-27(4,5)37(18-30(31,32)33)28(6,7)17-29;1-17-15-30-22(31-17)23(34)32-21-5-4-19(14-20(21)18-6-8-24(2,3)9-7-18)25(35)10-12-33(13-11-25)16-26(27,28)29;1-16-15-27-23(28-16)24(30)29-22-7-4-18(26(31)13-19-5-6-20(14-26)32-19)12-21(22)17-8-10-25(2,3)11-9-17/h8-10,14-15,39H,11-13,16-18H2,1-7H3,(H,34,35)(H,36,38);4-6,14-15,35H,7-13,16H2,1-3H3,(H,30,31)(H,32,34);4,7-8,12,15,19-20,31H,5-6,9-11,13-14H2,1-3H3,(H,27,28)(H,29,30). The summed E-state index contributed by atoms with van der Waals surface area (Å²) in [5.74, 6) is -0.256. The fourth-order valence-corrected chi connectivity index (χ4v) is 16.8. The predicted octanol–water partition coefficient (Wildman–Crippen LogP) is 17.5. The summed E-state index contributed by atoms with van der Waals surface area (Å²) >= 11 is 0. The maximum absolute atomic E-state index is 13.5. The van der Waals surface area contributed by atoms with Crippen LogP contribution in [-0.4, -0.2) is 135 Å². The Balaban J connectivity index is 0.000000159. The first-order valence-corrected chi connectivity index (χ1v) is 37.3. The molecule has 6 aromatic rings. The van der Waals surface area contributed by atoms with E-state index >= 15 is 0 Å². The van der Waals surface area contributed by atoms with Crippen molar-refractivity contribution in [2.45, 2.75) is 252 Å². The molecule has 3 aromatic carbocycles. The Morgan fingerprint density at radius 3 is 1.12 bits per heavy atom. The SMILES string of the molecule is Cc1cnc(C(=O)Nc2ccc(C3(O)CC(C)(C)N(CC(F)(F)F)C(C)(C)C3)cc2C2=CCC(C)(C)CC2)[nH]1.Cc1cnc(C(=O)Nc2ccc(C3(O)CC4CCC(C3)O4)cc2C2=CCC(C)(C)CC2)[nH]1.Cc1cnc(C(=O)Nc2ccc(C3(O)CCN(CC(F)(F)F)CC3)cc2C2=CCC(C)(C)CC2)[nH]1. The summed E-state index contributed by atoms with van der Waals surface area (Å²) in [7, 11) is 0. The molecule has 18 nitrogen and oxygen atoms in total. The van der Waals surface area contributed by atoms with Gasteiger partial charge in [0.2, 0.25) is 0 Å². The van der Waals surface area contributed by atoms with E-state index in [1.807, 2.05) is 45.0 Å². The molecule has 7 aliphatic rings. The first-order valence-electron chi connectivity index (χ1n) is 37.3. The Kier molecular flexibility index (Phi) is 22.5. The number of imidazole rings is 3. The second-order valence-electron chi connectivity index (χ2n) is 34.7. The Labute approximate surface area is 618 Å². The number of piperidine rings is 2. The van der Waals surface area contributed by atoms with Crippen molar-refractivity contribution >= 4 is 51.5 Å². The normalized spacial score (nSPS) is 23.7. The number of allylic oxidation sites excluding steroid dienone is 6. The van der Waals surface area contributed by atoms with Crippen LogP contribution < -0.4 is 16.0 Å². The van der Waals surface area contributed by atoms with Gasteiger partial charge in [-0.1, -0.05) is 78.0 Å². The molecule has 3 aliphatic carbocycles. The number of aromatic nitrogens is 6. The number of rotatable bonds is 14. The molecule has 7 heterocycles. The maximum atomic E-state index is 13.5. The highest BCUT2D eigenvalue weighted by molar-refractivity contribution is 6.05. The number of anilines is 3. The van der Waals surface area contributed by atoms with Gasteiger partial charge in [0.05, 0.1) is 42.1 Å². The summed E-state index contributed by atoms with van der Waals surface area (Å²) in [4.78, 5) is 62.7. The first kappa shape index (κ1) is 79.3. The van der Waals surface area contributed by atoms with Gasteiger partial charge < -0.3 is 51.0 Å². The van der Waals surface area contributed by atoms with Crippen molar-refractivity contribution in [2.24, 2.45) is 16.2 Å². The summed E-state index contributed by atoms with van der Waals surface area (Å²) in [6.07, 6.45) is 15.6. The minimum atomic E-state index is -4.34. The van der Waals surface area contributed by atoms with E-state index in [1.165, 1.54) is 15.4 Å². The third-order valence-corrected chi connectivity index (χ3v) is 22.8. The smallest absolute Gasteiger partial charge is 0.385 e. The van der Waals surface area contributed by atoms with Gasteiger partial charge >= 0.3 is 12.4 Å². The predicted molar refractivity (Wildman–Crippen MR) is 401 cm³/mol. The van der Waals surface area contributed by atoms with Gasteiger partial charge in [-0.2, -0.15) is 26.3 Å². The number of nitrogens with one attached hydrogen (secondary N) is 6. The van der Waals surface area contributed by atoms with E-state index in [0.717, 1.165) is 127 Å². The van der Waals surface area contributed by atoms with Crippen LogP contribution in [0.1, 0.15) is 261 Å². The minimum Gasteiger partial charge on any atom is -0.385 e. The van der Waals surface area contributed by atoms with Crippen molar-refractivity contribution < 1.29 is 60.8 Å². The Bertz CT molecular complexity index is 4280. The maximum Gasteiger partial charge on any atom is 0.401 e. The molecule has 4 aliphatic heterocycles. The van der Waals surface area contributed by atoms with Gasteiger partial charge in [0, 0.05) is 106 Å². The van der Waals surface area contributed by atoms with Crippen LogP contribution in [0.15, 0.2) is 91.4 Å². The molecule has 2 atom stereocenters.